The van der Waals surface area contributed by atoms with Crippen molar-refractivity contribution in [3.63, 3.8) is 0 Å². The van der Waals surface area contributed by atoms with Crippen LogP contribution < -0.4 is 5.32 Å². The standard InChI is InChI=1S/C15H32N2O2/c1-15(2,17(3)4)12-16-10-13(18)11-19-14-8-6-5-7-9-14/h13-14,16,18H,5-12H2,1-4H3. The number of rotatable bonds is 8. The molecule has 0 heterocycles. The predicted molar refractivity (Wildman–Crippen MR) is 79.5 cm³/mol. The largest absolute Gasteiger partial charge is 0.389 e. The Kier molecular flexibility index (Phi) is 7.29. The molecule has 1 fully saturated rings. The van der Waals surface area contributed by atoms with E-state index in [1.54, 1.807) is 0 Å². The van der Waals surface area contributed by atoms with Gasteiger partial charge in [-0.15, -0.1) is 0 Å². The van der Waals surface area contributed by atoms with Gasteiger partial charge in [0.15, 0.2) is 0 Å². The van der Waals surface area contributed by atoms with Crippen LogP contribution in [0.25, 0.3) is 0 Å². The van der Waals surface area contributed by atoms with Crippen molar-refractivity contribution in [3.05, 3.63) is 0 Å². The summed E-state index contributed by atoms with van der Waals surface area (Å²) >= 11 is 0. The highest BCUT2D eigenvalue weighted by Crippen LogP contribution is 2.20. The molecule has 0 aliphatic heterocycles. The zero-order valence-electron chi connectivity index (χ0n) is 13.1. The van der Waals surface area contributed by atoms with Crippen LogP contribution >= 0.6 is 0 Å². The maximum absolute atomic E-state index is 9.91. The Balaban J connectivity index is 2.09. The first-order valence-electron chi connectivity index (χ1n) is 7.59. The van der Waals surface area contributed by atoms with Crippen molar-refractivity contribution < 1.29 is 9.84 Å². The van der Waals surface area contributed by atoms with Crippen molar-refractivity contribution in [1.82, 2.24) is 10.2 Å². The Morgan fingerprint density at radius 2 is 1.89 bits per heavy atom. The third-order valence-corrected chi connectivity index (χ3v) is 4.22. The minimum Gasteiger partial charge on any atom is -0.389 e. The van der Waals surface area contributed by atoms with E-state index >= 15 is 0 Å². The van der Waals surface area contributed by atoms with Crippen LogP contribution in [-0.2, 0) is 4.74 Å². The average Bonchev–Trinajstić information content (AvgIpc) is 2.37. The molecule has 19 heavy (non-hydrogen) atoms. The molecule has 114 valence electrons. The highest BCUT2D eigenvalue weighted by atomic mass is 16.5. The van der Waals surface area contributed by atoms with Crippen LogP contribution in [0.3, 0.4) is 0 Å². The number of aliphatic hydroxyl groups excluding tert-OH is 1. The van der Waals surface area contributed by atoms with Gasteiger partial charge in [-0.1, -0.05) is 19.3 Å². The fourth-order valence-electron chi connectivity index (χ4n) is 2.24. The van der Waals surface area contributed by atoms with E-state index in [-0.39, 0.29) is 5.54 Å². The van der Waals surface area contributed by atoms with Crippen LogP contribution in [0.5, 0.6) is 0 Å². The first-order chi connectivity index (χ1) is 8.92. The van der Waals surface area contributed by atoms with Gasteiger partial charge in [-0.3, -0.25) is 0 Å². The van der Waals surface area contributed by atoms with Gasteiger partial charge in [-0.2, -0.15) is 0 Å². The van der Waals surface area contributed by atoms with Gasteiger partial charge in [0.1, 0.15) is 0 Å². The fraction of sp³-hybridized carbons (Fsp3) is 1.00. The van der Waals surface area contributed by atoms with E-state index in [0.717, 1.165) is 19.4 Å². The van der Waals surface area contributed by atoms with E-state index in [2.05, 4.69) is 38.2 Å². The van der Waals surface area contributed by atoms with Gasteiger partial charge >= 0.3 is 0 Å². The molecule has 2 N–H and O–H groups in total. The highest BCUT2D eigenvalue weighted by Gasteiger charge is 2.20. The summed E-state index contributed by atoms with van der Waals surface area (Å²) < 4.78 is 5.77. The van der Waals surface area contributed by atoms with Crippen molar-refractivity contribution in [2.45, 2.75) is 63.7 Å². The summed E-state index contributed by atoms with van der Waals surface area (Å²) in [5, 5.41) is 13.2. The van der Waals surface area contributed by atoms with E-state index in [1.807, 2.05) is 0 Å². The lowest BCUT2D eigenvalue weighted by molar-refractivity contribution is -0.0235. The van der Waals surface area contributed by atoms with Gasteiger partial charge in [0.25, 0.3) is 0 Å². The van der Waals surface area contributed by atoms with Gasteiger partial charge in [0.2, 0.25) is 0 Å². The second kappa shape index (κ2) is 8.20. The fourth-order valence-corrected chi connectivity index (χ4v) is 2.24. The van der Waals surface area contributed by atoms with Crippen molar-refractivity contribution >= 4 is 0 Å². The smallest absolute Gasteiger partial charge is 0.0897 e. The number of nitrogens with zero attached hydrogens (tertiary/aromatic N) is 1. The summed E-state index contributed by atoms with van der Waals surface area (Å²) in [7, 11) is 4.15. The Bertz CT molecular complexity index is 238. The molecule has 0 bridgehead atoms. The number of hydrogen-bond donors (Lipinski definition) is 2. The minimum atomic E-state index is -0.403. The molecule has 0 aromatic carbocycles. The molecule has 1 aliphatic carbocycles. The summed E-state index contributed by atoms with van der Waals surface area (Å²) in [6.07, 6.45) is 6.18. The molecule has 0 spiro atoms. The lowest BCUT2D eigenvalue weighted by Gasteiger charge is -2.33. The zero-order valence-corrected chi connectivity index (χ0v) is 13.1. The van der Waals surface area contributed by atoms with Crippen LogP contribution in [0.4, 0.5) is 0 Å². The van der Waals surface area contributed by atoms with Gasteiger partial charge in [0.05, 0.1) is 18.8 Å². The number of aliphatic hydroxyl groups is 1. The van der Waals surface area contributed by atoms with E-state index in [4.69, 9.17) is 4.74 Å². The molecule has 0 amide bonds. The minimum absolute atomic E-state index is 0.101. The number of nitrogens with one attached hydrogen (secondary N) is 1. The molecule has 0 radical (unpaired) electrons. The molecule has 1 saturated carbocycles. The highest BCUT2D eigenvalue weighted by molar-refractivity contribution is 4.80. The summed E-state index contributed by atoms with van der Waals surface area (Å²) in [5.41, 5.74) is 0.101. The Morgan fingerprint density at radius 1 is 1.26 bits per heavy atom. The first kappa shape index (κ1) is 16.9. The first-order valence-corrected chi connectivity index (χ1v) is 7.59. The quantitative estimate of drug-likeness (QED) is 0.705. The Morgan fingerprint density at radius 3 is 2.47 bits per heavy atom. The van der Waals surface area contributed by atoms with Gasteiger partial charge in [-0.05, 0) is 40.8 Å². The number of hydrogen-bond acceptors (Lipinski definition) is 4. The predicted octanol–water partition coefficient (Wildman–Crippen LogP) is 1.63. The maximum Gasteiger partial charge on any atom is 0.0897 e. The second-order valence-corrected chi connectivity index (χ2v) is 6.58. The average molecular weight is 272 g/mol. The molecule has 4 heteroatoms. The van der Waals surface area contributed by atoms with Crippen LogP contribution in [-0.4, -0.2) is 61.5 Å². The molecular formula is C15H32N2O2. The zero-order chi connectivity index (χ0) is 14.3. The lowest BCUT2D eigenvalue weighted by atomic mass is 9.98. The Labute approximate surface area is 118 Å². The molecular weight excluding hydrogens is 240 g/mol. The van der Waals surface area contributed by atoms with Crippen LogP contribution in [0.1, 0.15) is 46.0 Å². The lowest BCUT2D eigenvalue weighted by Crippen LogP contribution is -2.48. The summed E-state index contributed by atoms with van der Waals surface area (Å²) in [6, 6.07) is 0. The van der Waals surface area contributed by atoms with Crippen LogP contribution in [0.2, 0.25) is 0 Å². The normalized spacial score (nSPS) is 19.9. The van der Waals surface area contributed by atoms with Gasteiger partial charge in [-0.25, -0.2) is 0 Å². The molecule has 0 aromatic heterocycles. The topological polar surface area (TPSA) is 44.7 Å². The summed E-state index contributed by atoms with van der Waals surface area (Å²) in [4.78, 5) is 2.19. The summed E-state index contributed by atoms with van der Waals surface area (Å²) in [6.45, 7) is 6.29. The maximum atomic E-state index is 9.91. The SMILES string of the molecule is CN(C)C(C)(C)CNCC(O)COC1CCCCC1. The molecule has 1 atom stereocenters. The van der Waals surface area contributed by atoms with Gasteiger partial charge < -0.3 is 20.1 Å². The number of likely N-dealkylation sites (N-methyl/N-ethyl adjacent to an activating group) is 1. The Hall–Kier alpha value is -0.160. The molecule has 0 saturated heterocycles. The molecule has 4 nitrogen and oxygen atoms in total. The molecule has 1 unspecified atom stereocenters. The van der Waals surface area contributed by atoms with E-state index in [1.165, 1.54) is 19.3 Å². The third-order valence-electron chi connectivity index (χ3n) is 4.22. The monoisotopic (exact) mass is 272 g/mol. The molecule has 1 rings (SSSR count). The van der Waals surface area contributed by atoms with Crippen LogP contribution in [0, 0.1) is 0 Å². The van der Waals surface area contributed by atoms with Crippen molar-refractivity contribution in [1.29, 1.82) is 0 Å². The van der Waals surface area contributed by atoms with Crippen molar-refractivity contribution in [2.24, 2.45) is 0 Å². The second-order valence-electron chi connectivity index (χ2n) is 6.58. The third kappa shape index (κ3) is 6.70. The summed E-state index contributed by atoms with van der Waals surface area (Å²) in [5.74, 6) is 0. The van der Waals surface area contributed by atoms with E-state index < -0.39 is 6.10 Å². The number of ether oxygens (including phenoxy) is 1. The van der Waals surface area contributed by atoms with Crippen LogP contribution in [0.15, 0.2) is 0 Å². The van der Waals surface area contributed by atoms with E-state index in [0.29, 0.717) is 19.3 Å². The van der Waals surface area contributed by atoms with Crippen molar-refractivity contribution in [2.75, 3.05) is 33.8 Å². The molecule has 0 aromatic rings. The van der Waals surface area contributed by atoms with E-state index in [9.17, 15) is 5.11 Å². The van der Waals surface area contributed by atoms with Crippen molar-refractivity contribution in [3.8, 4) is 0 Å². The molecule has 1 aliphatic rings. The van der Waals surface area contributed by atoms with Gasteiger partial charge in [0, 0.05) is 18.6 Å².